The molecule has 0 aromatic rings. The number of nitrogens with one attached hydrogen (secondary N) is 3. The second kappa shape index (κ2) is 17.8. The van der Waals surface area contributed by atoms with Crippen molar-refractivity contribution in [2.75, 3.05) is 25.1 Å². The number of carbonyl (C=O) groups excluding carboxylic acids is 3. The lowest BCUT2D eigenvalue weighted by Gasteiger charge is -2.23. The van der Waals surface area contributed by atoms with Gasteiger partial charge in [-0.05, 0) is 64.0 Å². The van der Waals surface area contributed by atoms with E-state index in [9.17, 15) is 24.3 Å². The van der Waals surface area contributed by atoms with Gasteiger partial charge in [0.05, 0.1) is 6.04 Å². The smallest absolute Gasteiger partial charge is 0.326 e. The number of nitrogens with two attached hydrogens (primary N) is 4. The SMILES string of the molecule is CSCCC(N)C(=O)NC(C)C(=O)NC(CCCN=C(N)N)C(=O)NC(CCCCN)C(=O)O. The molecule has 13 nitrogen and oxygen atoms in total. The average Bonchev–Trinajstić information content (AvgIpc) is 2.77. The lowest BCUT2D eigenvalue weighted by Crippen LogP contribution is -2.56. The zero-order chi connectivity index (χ0) is 26.1. The van der Waals surface area contributed by atoms with E-state index in [0.717, 1.165) is 0 Å². The molecule has 0 aliphatic heterocycles. The fourth-order valence-electron chi connectivity index (χ4n) is 2.85. The van der Waals surface area contributed by atoms with Gasteiger partial charge in [-0.1, -0.05) is 0 Å². The van der Waals surface area contributed by atoms with Gasteiger partial charge in [-0.15, -0.1) is 0 Å². The highest BCUT2D eigenvalue weighted by Crippen LogP contribution is 2.05. The molecule has 14 heteroatoms. The van der Waals surface area contributed by atoms with Gasteiger partial charge in [0.25, 0.3) is 0 Å². The van der Waals surface area contributed by atoms with Crippen molar-refractivity contribution >= 4 is 41.4 Å². The number of carbonyl (C=O) groups is 4. The molecule has 196 valence electrons. The first-order valence-corrected chi connectivity index (χ1v) is 12.6. The standard InChI is InChI=1S/C20H40N8O5S/c1-12(26-17(30)13(22)8-11-34-2)16(29)27-14(7-5-10-25-20(23)24)18(31)28-15(19(32)33)6-3-4-9-21/h12-15H,3-11,21-22H2,1-2H3,(H,26,30)(H,27,29)(H,28,31)(H,32,33)(H4,23,24,25). The molecule has 12 N–H and O–H groups in total. The van der Waals surface area contributed by atoms with Gasteiger partial charge in [-0.2, -0.15) is 11.8 Å². The third kappa shape index (κ3) is 13.9. The van der Waals surface area contributed by atoms with E-state index in [4.69, 9.17) is 22.9 Å². The number of hydrogen-bond donors (Lipinski definition) is 8. The highest BCUT2D eigenvalue weighted by Gasteiger charge is 2.28. The van der Waals surface area contributed by atoms with E-state index in [-0.39, 0.29) is 25.3 Å². The van der Waals surface area contributed by atoms with Crippen LogP contribution in [0.3, 0.4) is 0 Å². The molecule has 0 heterocycles. The Morgan fingerprint density at radius 3 is 2.09 bits per heavy atom. The number of guanidine groups is 1. The van der Waals surface area contributed by atoms with Crippen LogP contribution in [0.4, 0.5) is 0 Å². The molecule has 0 bridgehead atoms. The van der Waals surface area contributed by atoms with Gasteiger partial charge in [0.2, 0.25) is 17.7 Å². The minimum Gasteiger partial charge on any atom is -0.480 e. The minimum absolute atomic E-state index is 0.106. The number of rotatable bonds is 18. The Morgan fingerprint density at radius 1 is 0.912 bits per heavy atom. The number of aliphatic imine (C=N–C) groups is 1. The van der Waals surface area contributed by atoms with Crippen LogP contribution in [-0.4, -0.2) is 84.0 Å². The van der Waals surface area contributed by atoms with Crippen molar-refractivity contribution < 1.29 is 24.3 Å². The molecule has 0 aromatic heterocycles. The fraction of sp³-hybridized carbons (Fsp3) is 0.750. The van der Waals surface area contributed by atoms with E-state index >= 15 is 0 Å². The van der Waals surface area contributed by atoms with Gasteiger partial charge in [-0.3, -0.25) is 19.4 Å². The Bertz CT molecular complexity index is 690. The van der Waals surface area contributed by atoms with Gasteiger partial charge >= 0.3 is 5.97 Å². The molecule has 0 radical (unpaired) electrons. The van der Waals surface area contributed by atoms with E-state index in [1.165, 1.54) is 6.92 Å². The molecule has 0 aliphatic carbocycles. The van der Waals surface area contributed by atoms with Gasteiger partial charge in [-0.25, -0.2) is 4.79 Å². The van der Waals surface area contributed by atoms with Crippen LogP contribution in [0.2, 0.25) is 0 Å². The number of carboxylic acids is 1. The first-order chi connectivity index (χ1) is 16.0. The highest BCUT2D eigenvalue weighted by molar-refractivity contribution is 7.98. The van der Waals surface area contributed by atoms with Crippen LogP contribution in [0.1, 0.15) is 45.4 Å². The van der Waals surface area contributed by atoms with E-state index < -0.39 is 47.9 Å². The highest BCUT2D eigenvalue weighted by atomic mass is 32.2. The van der Waals surface area contributed by atoms with E-state index in [0.29, 0.717) is 38.0 Å². The summed E-state index contributed by atoms with van der Waals surface area (Å²) in [6, 6.07) is -3.89. The number of hydrogen-bond acceptors (Lipinski definition) is 8. The minimum atomic E-state index is -1.18. The molecule has 3 amide bonds. The second-order valence-electron chi connectivity index (χ2n) is 7.81. The molecule has 4 unspecified atom stereocenters. The molecule has 0 saturated heterocycles. The van der Waals surface area contributed by atoms with Crippen LogP contribution in [0.15, 0.2) is 4.99 Å². The van der Waals surface area contributed by atoms with Crippen molar-refractivity contribution in [1.29, 1.82) is 0 Å². The molecule has 0 aromatic carbocycles. The number of nitrogens with zero attached hydrogens (tertiary/aromatic N) is 1. The average molecular weight is 505 g/mol. The van der Waals surface area contributed by atoms with Crippen LogP contribution in [0, 0.1) is 0 Å². The molecule has 0 fully saturated rings. The lowest BCUT2D eigenvalue weighted by molar-refractivity contribution is -0.142. The zero-order valence-corrected chi connectivity index (χ0v) is 20.7. The Balaban J connectivity index is 5.18. The van der Waals surface area contributed by atoms with Crippen LogP contribution >= 0.6 is 11.8 Å². The van der Waals surface area contributed by atoms with Crippen LogP contribution in [0.5, 0.6) is 0 Å². The van der Waals surface area contributed by atoms with Gasteiger partial charge in [0, 0.05) is 6.54 Å². The quantitative estimate of drug-likeness (QED) is 0.0569. The maximum atomic E-state index is 12.8. The fourth-order valence-corrected chi connectivity index (χ4v) is 3.34. The van der Waals surface area contributed by atoms with Crippen LogP contribution in [0.25, 0.3) is 0 Å². The number of carboxylic acid groups (broad SMARTS) is 1. The third-order valence-electron chi connectivity index (χ3n) is 4.86. The molecular formula is C20H40N8O5S. The topological polar surface area (TPSA) is 241 Å². The van der Waals surface area contributed by atoms with E-state index in [2.05, 4.69) is 20.9 Å². The van der Waals surface area contributed by atoms with Gasteiger partial charge in [0.15, 0.2) is 5.96 Å². The largest absolute Gasteiger partial charge is 0.480 e. The Hall–Kier alpha value is -2.58. The number of aliphatic carboxylic acids is 1. The summed E-state index contributed by atoms with van der Waals surface area (Å²) in [5, 5.41) is 17.0. The Kier molecular flexibility index (Phi) is 16.5. The molecule has 34 heavy (non-hydrogen) atoms. The van der Waals surface area contributed by atoms with Gasteiger partial charge < -0.3 is 44.0 Å². The summed E-state index contributed by atoms with van der Waals surface area (Å²) in [6.45, 7) is 2.10. The number of thioether (sulfide) groups is 1. The lowest BCUT2D eigenvalue weighted by atomic mass is 10.1. The van der Waals surface area contributed by atoms with Crippen LogP contribution < -0.4 is 38.9 Å². The van der Waals surface area contributed by atoms with Crippen molar-refractivity contribution in [3.63, 3.8) is 0 Å². The zero-order valence-electron chi connectivity index (χ0n) is 19.9. The summed E-state index contributed by atoms with van der Waals surface area (Å²) in [5.41, 5.74) is 21.9. The van der Waals surface area contributed by atoms with Gasteiger partial charge in [0.1, 0.15) is 18.1 Å². The molecule has 4 atom stereocenters. The van der Waals surface area contributed by atoms with Crippen molar-refractivity contribution in [2.24, 2.45) is 27.9 Å². The molecule has 0 aliphatic rings. The van der Waals surface area contributed by atoms with Crippen LogP contribution in [-0.2, 0) is 19.2 Å². The predicted octanol–water partition coefficient (Wildman–Crippen LogP) is -2.19. The molecule has 0 saturated carbocycles. The Labute approximate surface area is 204 Å². The van der Waals surface area contributed by atoms with Crippen molar-refractivity contribution in [3.05, 3.63) is 0 Å². The van der Waals surface area contributed by atoms with Crippen molar-refractivity contribution in [3.8, 4) is 0 Å². The number of amides is 3. The predicted molar refractivity (Wildman–Crippen MR) is 133 cm³/mol. The summed E-state index contributed by atoms with van der Waals surface area (Å²) in [7, 11) is 0. The first kappa shape index (κ1) is 31.4. The Morgan fingerprint density at radius 2 is 1.53 bits per heavy atom. The maximum Gasteiger partial charge on any atom is 0.326 e. The summed E-state index contributed by atoms with van der Waals surface area (Å²) >= 11 is 1.55. The van der Waals surface area contributed by atoms with Crippen molar-refractivity contribution in [2.45, 2.75) is 69.6 Å². The summed E-state index contributed by atoms with van der Waals surface area (Å²) < 4.78 is 0. The van der Waals surface area contributed by atoms with E-state index in [1.54, 1.807) is 11.8 Å². The van der Waals surface area contributed by atoms with Crippen molar-refractivity contribution in [1.82, 2.24) is 16.0 Å². The third-order valence-corrected chi connectivity index (χ3v) is 5.51. The monoisotopic (exact) mass is 504 g/mol. The molecule has 0 rings (SSSR count). The van der Waals surface area contributed by atoms with E-state index in [1.807, 2.05) is 6.26 Å². The normalized spacial score (nSPS) is 14.2. The first-order valence-electron chi connectivity index (χ1n) is 11.2. The summed E-state index contributed by atoms with van der Waals surface area (Å²) in [6.07, 6.45) is 4.19. The molecular weight excluding hydrogens is 464 g/mol. The number of unbranched alkanes of at least 4 members (excludes halogenated alkanes) is 1. The maximum absolute atomic E-state index is 12.8. The molecule has 0 spiro atoms. The second-order valence-corrected chi connectivity index (χ2v) is 8.80. The summed E-state index contributed by atoms with van der Waals surface area (Å²) in [4.78, 5) is 53.0. The summed E-state index contributed by atoms with van der Waals surface area (Å²) in [5.74, 6) is -2.34.